The van der Waals surface area contributed by atoms with E-state index in [1.807, 2.05) is 47.0 Å². The van der Waals surface area contributed by atoms with E-state index in [0.29, 0.717) is 13.1 Å². The van der Waals surface area contributed by atoms with Crippen molar-refractivity contribution in [3.8, 4) is 11.3 Å². The monoisotopic (exact) mass is 345 g/mol. The average Bonchev–Trinajstić information content (AvgIpc) is 3.15. The Kier molecular flexibility index (Phi) is 5.82. The van der Waals surface area contributed by atoms with Crippen molar-refractivity contribution in [2.75, 3.05) is 25.0 Å². The fourth-order valence-electron chi connectivity index (χ4n) is 2.87. The fourth-order valence-corrected chi connectivity index (χ4v) is 3.43. The van der Waals surface area contributed by atoms with Crippen molar-refractivity contribution in [2.24, 2.45) is 0 Å². The molecule has 1 aliphatic rings. The van der Waals surface area contributed by atoms with E-state index in [1.165, 1.54) is 6.42 Å². The zero-order chi connectivity index (χ0) is 16.8. The molecule has 1 aromatic carbocycles. The van der Waals surface area contributed by atoms with Gasteiger partial charge < -0.3 is 15.0 Å². The number of thiazole rings is 1. The summed E-state index contributed by atoms with van der Waals surface area (Å²) in [5.41, 5.74) is 4.53. The van der Waals surface area contributed by atoms with E-state index in [4.69, 9.17) is 4.74 Å². The quantitative estimate of drug-likeness (QED) is 0.882. The molecule has 0 bridgehead atoms. The van der Waals surface area contributed by atoms with Gasteiger partial charge in [0.15, 0.2) is 0 Å². The standard InChI is InChI=1S/C18H23N3O2S/c1-2-21(11-16-8-3-4-9-23-16)18(22)20-15-7-5-6-14(10-15)17-12-24-13-19-17/h5-7,10,12-13,16H,2-4,8-9,11H2,1H3,(H,20,22)/t16-/m1/s1. The van der Waals surface area contributed by atoms with Crippen molar-refractivity contribution >= 4 is 23.1 Å². The SMILES string of the molecule is CCN(C[C@H]1CCCCO1)C(=O)Nc1cccc(-c2cscn2)c1. The molecule has 6 heteroatoms. The minimum atomic E-state index is -0.0814. The number of anilines is 1. The van der Waals surface area contributed by atoms with Crippen LogP contribution in [0.2, 0.25) is 0 Å². The van der Waals surface area contributed by atoms with Gasteiger partial charge in [0.2, 0.25) is 0 Å². The second-order valence-electron chi connectivity index (χ2n) is 5.91. The van der Waals surface area contributed by atoms with E-state index in [0.717, 1.165) is 36.4 Å². The Morgan fingerprint density at radius 2 is 2.38 bits per heavy atom. The van der Waals surface area contributed by atoms with Crippen molar-refractivity contribution < 1.29 is 9.53 Å². The number of hydrogen-bond acceptors (Lipinski definition) is 4. The van der Waals surface area contributed by atoms with E-state index in [-0.39, 0.29) is 12.1 Å². The van der Waals surface area contributed by atoms with Gasteiger partial charge in [-0.15, -0.1) is 11.3 Å². The van der Waals surface area contributed by atoms with Crippen LogP contribution in [0.4, 0.5) is 10.5 Å². The minimum absolute atomic E-state index is 0.0814. The Balaban J connectivity index is 1.63. The molecule has 0 saturated carbocycles. The fraction of sp³-hybridized carbons (Fsp3) is 0.444. The smallest absolute Gasteiger partial charge is 0.321 e. The molecule has 0 unspecified atom stereocenters. The lowest BCUT2D eigenvalue weighted by atomic mass is 10.1. The molecular weight excluding hydrogens is 322 g/mol. The van der Waals surface area contributed by atoms with Crippen molar-refractivity contribution in [3.05, 3.63) is 35.2 Å². The number of hydrogen-bond donors (Lipinski definition) is 1. The number of rotatable bonds is 5. The molecule has 5 nitrogen and oxygen atoms in total. The van der Waals surface area contributed by atoms with Crippen LogP contribution in [0.15, 0.2) is 35.2 Å². The number of likely N-dealkylation sites (N-methyl/N-ethyl adjacent to an activating group) is 1. The van der Waals surface area contributed by atoms with Gasteiger partial charge in [-0.2, -0.15) is 0 Å². The van der Waals surface area contributed by atoms with E-state index >= 15 is 0 Å². The average molecular weight is 345 g/mol. The van der Waals surface area contributed by atoms with Crippen LogP contribution in [0.3, 0.4) is 0 Å². The Morgan fingerprint density at radius 1 is 1.46 bits per heavy atom. The third-order valence-electron chi connectivity index (χ3n) is 4.21. The van der Waals surface area contributed by atoms with Crippen LogP contribution in [0, 0.1) is 0 Å². The first-order valence-electron chi connectivity index (χ1n) is 8.42. The predicted octanol–water partition coefficient (Wildman–Crippen LogP) is 4.23. The van der Waals surface area contributed by atoms with Gasteiger partial charge in [0.25, 0.3) is 0 Å². The van der Waals surface area contributed by atoms with Gasteiger partial charge in [0, 0.05) is 36.3 Å². The van der Waals surface area contributed by atoms with Crippen LogP contribution >= 0.6 is 11.3 Å². The molecule has 1 atom stereocenters. The molecule has 2 heterocycles. The molecule has 2 aromatic rings. The molecule has 3 rings (SSSR count). The highest BCUT2D eigenvalue weighted by atomic mass is 32.1. The van der Waals surface area contributed by atoms with Crippen molar-refractivity contribution in [1.82, 2.24) is 9.88 Å². The molecule has 1 aliphatic heterocycles. The van der Waals surface area contributed by atoms with Crippen molar-refractivity contribution in [1.29, 1.82) is 0 Å². The summed E-state index contributed by atoms with van der Waals surface area (Å²) in [5, 5.41) is 4.99. The van der Waals surface area contributed by atoms with Crippen molar-refractivity contribution in [2.45, 2.75) is 32.3 Å². The van der Waals surface area contributed by atoms with E-state index < -0.39 is 0 Å². The lowest BCUT2D eigenvalue weighted by Gasteiger charge is -2.29. The molecule has 1 saturated heterocycles. The number of nitrogens with one attached hydrogen (secondary N) is 1. The summed E-state index contributed by atoms with van der Waals surface area (Å²) >= 11 is 1.56. The Labute approximate surface area is 146 Å². The van der Waals surface area contributed by atoms with Gasteiger partial charge in [-0.05, 0) is 38.3 Å². The summed E-state index contributed by atoms with van der Waals surface area (Å²) in [6, 6.07) is 7.71. The molecule has 0 spiro atoms. The van der Waals surface area contributed by atoms with Gasteiger partial charge in [0.05, 0.1) is 17.3 Å². The third kappa shape index (κ3) is 4.33. The van der Waals surface area contributed by atoms with Gasteiger partial charge in [-0.3, -0.25) is 0 Å². The topological polar surface area (TPSA) is 54.5 Å². The maximum Gasteiger partial charge on any atom is 0.321 e. The lowest BCUT2D eigenvalue weighted by molar-refractivity contribution is 0.00221. The van der Waals surface area contributed by atoms with Gasteiger partial charge >= 0.3 is 6.03 Å². The molecule has 24 heavy (non-hydrogen) atoms. The third-order valence-corrected chi connectivity index (χ3v) is 4.80. The minimum Gasteiger partial charge on any atom is -0.376 e. The Bertz CT molecular complexity index is 654. The second kappa shape index (κ2) is 8.26. The molecule has 1 aromatic heterocycles. The van der Waals surface area contributed by atoms with Gasteiger partial charge in [-0.1, -0.05) is 12.1 Å². The molecule has 1 fully saturated rings. The van der Waals surface area contributed by atoms with Crippen LogP contribution in [0.25, 0.3) is 11.3 Å². The number of carbonyl (C=O) groups excluding carboxylic acids is 1. The van der Waals surface area contributed by atoms with E-state index in [1.54, 1.807) is 11.3 Å². The normalized spacial score (nSPS) is 17.5. The van der Waals surface area contributed by atoms with E-state index in [2.05, 4.69) is 10.3 Å². The first-order valence-corrected chi connectivity index (χ1v) is 9.36. The van der Waals surface area contributed by atoms with Crippen LogP contribution in [-0.2, 0) is 4.74 Å². The number of nitrogens with zero attached hydrogens (tertiary/aromatic N) is 2. The lowest BCUT2D eigenvalue weighted by Crippen LogP contribution is -2.41. The number of benzene rings is 1. The zero-order valence-electron chi connectivity index (χ0n) is 13.9. The highest BCUT2D eigenvalue weighted by Crippen LogP contribution is 2.22. The summed E-state index contributed by atoms with van der Waals surface area (Å²) in [4.78, 5) is 18.7. The molecule has 0 radical (unpaired) electrons. The highest BCUT2D eigenvalue weighted by molar-refractivity contribution is 7.07. The number of aromatic nitrogens is 1. The maximum absolute atomic E-state index is 12.6. The summed E-state index contributed by atoms with van der Waals surface area (Å²) in [6.07, 6.45) is 3.49. The zero-order valence-corrected chi connectivity index (χ0v) is 14.7. The first-order chi connectivity index (χ1) is 11.8. The number of amides is 2. The largest absolute Gasteiger partial charge is 0.376 e. The van der Waals surface area contributed by atoms with Crippen LogP contribution in [-0.4, -0.2) is 41.7 Å². The van der Waals surface area contributed by atoms with Gasteiger partial charge in [0.1, 0.15) is 0 Å². The summed E-state index contributed by atoms with van der Waals surface area (Å²) in [5.74, 6) is 0. The second-order valence-corrected chi connectivity index (χ2v) is 6.63. The highest BCUT2D eigenvalue weighted by Gasteiger charge is 2.20. The van der Waals surface area contributed by atoms with Gasteiger partial charge in [-0.25, -0.2) is 9.78 Å². The summed E-state index contributed by atoms with van der Waals surface area (Å²) in [6.45, 7) is 4.11. The van der Waals surface area contributed by atoms with Crippen LogP contribution in [0.5, 0.6) is 0 Å². The molecule has 128 valence electrons. The molecule has 2 amide bonds. The first kappa shape index (κ1) is 16.9. The summed E-state index contributed by atoms with van der Waals surface area (Å²) in [7, 11) is 0. The molecular formula is C18H23N3O2S. The number of ether oxygens (including phenoxy) is 1. The summed E-state index contributed by atoms with van der Waals surface area (Å²) < 4.78 is 5.75. The van der Waals surface area contributed by atoms with Crippen molar-refractivity contribution in [3.63, 3.8) is 0 Å². The maximum atomic E-state index is 12.6. The molecule has 0 aliphatic carbocycles. The van der Waals surface area contributed by atoms with E-state index in [9.17, 15) is 4.79 Å². The van der Waals surface area contributed by atoms with Crippen LogP contribution < -0.4 is 5.32 Å². The predicted molar refractivity (Wildman–Crippen MR) is 97.4 cm³/mol. The Morgan fingerprint density at radius 3 is 3.08 bits per heavy atom. The number of carbonyl (C=O) groups is 1. The molecule has 1 N–H and O–H groups in total. The Hall–Kier alpha value is -1.92. The van der Waals surface area contributed by atoms with Crippen LogP contribution in [0.1, 0.15) is 26.2 Å². The number of urea groups is 1.